The van der Waals surface area contributed by atoms with Crippen LogP contribution < -0.4 is 5.32 Å². The van der Waals surface area contributed by atoms with Gasteiger partial charge in [0.15, 0.2) is 0 Å². The Morgan fingerprint density at radius 3 is 2.64 bits per heavy atom. The number of piperidine rings is 1. The molecule has 5 heteroatoms. The number of carbonyl (C=O) groups is 2. The zero-order valence-electron chi connectivity index (χ0n) is 15.3. The Labute approximate surface area is 150 Å². The van der Waals surface area contributed by atoms with E-state index in [-0.39, 0.29) is 18.4 Å². The first-order chi connectivity index (χ1) is 12.0. The lowest BCUT2D eigenvalue weighted by molar-refractivity contribution is -0.137. The summed E-state index contributed by atoms with van der Waals surface area (Å²) in [4.78, 5) is 25.4. The van der Waals surface area contributed by atoms with Crippen LogP contribution in [-0.4, -0.2) is 41.5 Å². The Kier molecular flexibility index (Phi) is 7.44. The van der Waals surface area contributed by atoms with E-state index in [0.29, 0.717) is 24.8 Å². The van der Waals surface area contributed by atoms with Crippen molar-refractivity contribution in [1.82, 2.24) is 10.2 Å². The predicted octanol–water partition coefficient (Wildman–Crippen LogP) is 3.08. The third-order valence-electron chi connectivity index (χ3n) is 4.88. The van der Waals surface area contributed by atoms with E-state index in [2.05, 4.69) is 24.1 Å². The number of likely N-dealkylation sites (tertiary alicyclic amines) is 1. The lowest BCUT2D eigenvalue weighted by Gasteiger charge is -2.33. The summed E-state index contributed by atoms with van der Waals surface area (Å²) >= 11 is 0. The minimum Gasteiger partial charge on any atom is -0.481 e. The summed E-state index contributed by atoms with van der Waals surface area (Å²) in [6.45, 7) is 6.34. The number of carboxylic acids is 1. The van der Waals surface area contributed by atoms with Crippen molar-refractivity contribution in [2.75, 3.05) is 19.6 Å². The third kappa shape index (κ3) is 6.50. The molecule has 2 atom stereocenters. The molecule has 5 nitrogen and oxygen atoms in total. The van der Waals surface area contributed by atoms with Gasteiger partial charge in [-0.3, -0.25) is 14.5 Å². The zero-order chi connectivity index (χ0) is 18.2. The molecule has 0 spiro atoms. The predicted molar refractivity (Wildman–Crippen MR) is 98.2 cm³/mol. The van der Waals surface area contributed by atoms with Crippen LogP contribution in [0.15, 0.2) is 30.3 Å². The molecule has 2 N–H and O–H groups in total. The van der Waals surface area contributed by atoms with Crippen LogP contribution in [0.25, 0.3) is 0 Å². The monoisotopic (exact) mass is 346 g/mol. The van der Waals surface area contributed by atoms with E-state index in [9.17, 15) is 9.59 Å². The van der Waals surface area contributed by atoms with Crippen LogP contribution in [0, 0.1) is 11.8 Å². The first-order valence-corrected chi connectivity index (χ1v) is 9.24. The number of hydrogen-bond donors (Lipinski definition) is 2. The highest BCUT2D eigenvalue weighted by Gasteiger charge is 2.24. The number of rotatable bonds is 8. The molecule has 2 unspecified atom stereocenters. The van der Waals surface area contributed by atoms with Gasteiger partial charge in [-0.2, -0.15) is 0 Å². The molecule has 1 amide bonds. The molecule has 0 aliphatic carbocycles. The van der Waals surface area contributed by atoms with Crippen molar-refractivity contribution >= 4 is 11.9 Å². The molecule has 1 aromatic carbocycles. The lowest BCUT2D eigenvalue weighted by atomic mass is 9.93. The second-order valence-corrected chi connectivity index (χ2v) is 7.38. The Morgan fingerprint density at radius 2 is 2.00 bits per heavy atom. The average molecular weight is 346 g/mol. The molecule has 0 bridgehead atoms. The van der Waals surface area contributed by atoms with Crippen molar-refractivity contribution in [2.24, 2.45) is 11.8 Å². The number of benzene rings is 1. The van der Waals surface area contributed by atoms with Crippen molar-refractivity contribution in [3.8, 4) is 0 Å². The molecule has 1 heterocycles. The summed E-state index contributed by atoms with van der Waals surface area (Å²) in [5.74, 6) is 0.00244. The fourth-order valence-electron chi connectivity index (χ4n) is 3.58. The molecule has 0 saturated carbocycles. The summed E-state index contributed by atoms with van der Waals surface area (Å²) in [5.41, 5.74) is 1.13. The van der Waals surface area contributed by atoms with E-state index in [1.54, 1.807) is 0 Å². The second kappa shape index (κ2) is 9.56. The summed E-state index contributed by atoms with van der Waals surface area (Å²) in [7, 11) is 0. The number of carboxylic acid groups (broad SMARTS) is 1. The van der Waals surface area contributed by atoms with Gasteiger partial charge < -0.3 is 10.4 Å². The van der Waals surface area contributed by atoms with Gasteiger partial charge in [-0.15, -0.1) is 0 Å². The van der Waals surface area contributed by atoms with Crippen molar-refractivity contribution in [3.63, 3.8) is 0 Å². The Hall–Kier alpha value is -1.88. The summed E-state index contributed by atoms with van der Waals surface area (Å²) in [6.07, 6.45) is 3.01. The number of nitrogens with zero attached hydrogens (tertiary/aromatic N) is 1. The van der Waals surface area contributed by atoms with Crippen molar-refractivity contribution in [1.29, 1.82) is 0 Å². The van der Waals surface area contributed by atoms with Gasteiger partial charge in [0, 0.05) is 13.0 Å². The third-order valence-corrected chi connectivity index (χ3v) is 4.88. The zero-order valence-corrected chi connectivity index (χ0v) is 15.3. The summed E-state index contributed by atoms with van der Waals surface area (Å²) < 4.78 is 0. The van der Waals surface area contributed by atoms with Crippen LogP contribution in [0.2, 0.25) is 0 Å². The molecule has 1 saturated heterocycles. The summed E-state index contributed by atoms with van der Waals surface area (Å²) in [6, 6.07) is 10.1. The molecule has 25 heavy (non-hydrogen) atoms. The van der Waals surface area contributed by atoms with E-state index >= 15 is 0 Å². The molecular formula is C20H30N2O3. The smallest absolute Gasteiger partial charge is 0.303 e. The molecule has 2 rings (SSSR count). The average Bonchev–Trinajstić information content (AvgIpc) is 2.59. The normalized spacial score (nSPS) is 19.6. The first-order valence-electron chi connectivity index (χ1n) is 9.24. The van der Waals surface area contributed by atoms with Gasteiger partial charge in [-0.05, 0) is 43.2 Å². The van der Waals surface area contributed by atoms with Gasteiger partial charge in [0.2, 0.25) is 5.91 Å². The molecule has 1 aliphatic rings. The minimum atomic E-state index is -0.738. The van der Waals surface area contributed by atoms with Crippen molar-refractivity contribution in [2.45, 2.75) is 45.6 Å². The Balaban J connectivity index is 1.86. The fraction of sp³-hybridized carbons (Fsp3) is 0.600. The van der Waals surface area contributed by atoms with Crippen LogP contribution in [0.5, 0.6) is 0 Å². The molecule has 1 fully saturated rings. The topological polar surface area (TPSA) is 69.6 Å². The SMILES string of the molecule is CC(C)C(NC(=O)CN1CCCC(CCC(=O)O)C1)c1ccccc1. The highest BCUT2D eigenvalue weighted by molar-refractivity contribution is 5.78. The number of aliphatic carboxylic acids is 1. The second-order valence-electron chi connectivity index (χ2n) is 7.38. The molecule has 0 radical (unpaired) electrons. The first kappa shape index (κ1) is 19.4. The van der Waals surface area contributed by atoms with E-state index in [0.717, 1.165) is 31.5 Å². The van der Waals surface area contributed by atoms with Gasteiger partial charge >= 0.3 is 5.97 Å². The van der Waals surface area contributed by atoms with Crippen LogP contribution in [0.3, 0.4) is 0 Å². The van der Waals surface area contributed by atoms with Crippen LogP contribution >= 0.6 is 0 Å². The number of hydrogen-bond acceptors (Lipinski definition) is 3. The van der Waals surface area contributed by atoms with Gasteiger partial charge in [0.25, 0.3) is 0 Å². The van der Waals surface area contributed by atoms with E-state index in [4.69, 9.17) is 5.11 Å². The van der Waals surface area contributed by atoms with Gasteiger partial charge in [0.1, 0.15) is 0 Å². The maximum atomic E-state index is 12.5. The number of carbonyl (C=O) groups excluding carboxylic acids is 1. The lowest BCUT2D eigenvalue weighted by Crippen LogP contribution is -2.44. The molecule has 138 valence electrons. The highest BCUT2D eigenvalue weighted by Crippen LogP contribution is 2.23. The van der Waals surface area contributed by atoms with Crippen LogP contribution in [0.4, 0.5) is 0 Å². The Bertz CT molecular complexity index is 559. The van der Waals surface area contributed by atoms with Crippen LogP contribution in [0.1, 0.15) is 51.1 Å². The minimum absolute atomic E-state index is 0.0151. The van der Waals surface area contributed by atoms with Crippen molar-refractivity contribution in [3.05, 3.63) is 35.9 Å². The maximum Gasteiger partial charge on any atom is 0.303 e. The number of nitrogens with one attached hydrogen (secondary N) is 1. The quantitative estimate of drug-likeness (QED) is 0.759. The van der Waals surface area contributed by atoms with E-state index in [1.807, 2.05) is 30.3 Å². The van der Waals surface area contributed by atoms with Crippen molar-refractivity contribution < 1.29 is 14.7 Å². The molecular weight excluding hydrogens is 316 g/mol. The molecule has 1 aliphatic heterocycles. The standard InChI is InChI=1S/C20H30N2O3/c1-15(2)20(17-8-4-3-5-9-17)21-18(23)14-22-12-6-7-16(13-22)10-11-19(24)25/h3-5,8-9,15-16,20H,6-7,10-14H2,1-2H3,(H,21,23)(H,24,25). The Morgan fingerprint density at radius 1 is 1.28 bits per heavy atom. The van der Waals surface area contributed by atoms with Gasteiger partial charge in [-0.25, -0.2) is 0 Å². The maximum absolute atomic E-state index is 12.5. The molecule has 0 aromatic heterocycles. The molecule has 1 aromatic rings. The van der Waals surface area contributed by atoms with E-state index < -0.39 is 5.97 Å². The summed E-state index contributed by atoms with van der Waals surface area (Å²) in [5, 5.41) is 12.0. The van der Waals surface area contributed by atoms with E-state index in [1.165, 1.54) is 0 Å². The highest BCUT2D eigenvalue weighted by atomic mass is 16.4. The fourth-order valence-corrected chi connectivity index (χ4v) is 3.58. The van der Waals surface area contributed by atoms with Gasteiger partial charge in [-0.1, -0.05) is 44.2 Å². The van der Waals surface area contributed by atoms with Gasteiger partial charge in [0.05, 0.1) is 12.6 Å². The largest absolute Gasteiger partial charge is 0.481 e. The van der Waals surface area contributed by atoms with Crippen LogP contribution in [-0.2, 0) is 9.59 Å². The number of amides is 1.